The molecule has 0 spiro atoms. The van der Waals surface area contributed by atoms with Gasteiger partial charge >= 0.3 is 0 Å². The van der Waals surface area contributed by atoms with Gasteiger partial charge < -0.3 is 20.1 Å². The number of nitrogens with zero attached hydrogens (tertiary/aromatic N) is 2. The highest BCUT2D eigenvalue weighted by molar-refractivity contribution is 6.23. The van der Waals surface area contributed by atoms with E-state index in [2.05, 4.69) is 0 Å². The molecule has 0 aliphatic carbocycles. The van der Waals surface area contributed by atoms with E-state index >= 15 is 0 Å². The van der Waals surface area contributed by atoms with Crippen molar-refractivity contribution in [3.05, 3.63) is 83.9 Å². The number of quaternary nitrogens is 2. The maximum Gasteiger partial charge on any atom is 0.292 e. The third-order valence-electron chi connectivity index (χ3n) is 7.82. The summed E-state index contributed by atoms with van der Waals surface area (Å²) in [7, 11) is 3.25. The summed E-state index contributed by atoms with van der Waals surface area (Å²) in [5, 5.41) is 3.82. The maximum atomic E-state index is 13.1. The quantitative estimate of drug-likeness (QED) is 0.306. The first kappa shape index (κ1) is 29.0. The minimum atomic E-state index is -0.480. The molecule has 2 aliphatic heterocycles. The molecule has 0 saturated carbocycles. The lowest BCUT2D eigenvalue weighted by Gasteiger charge is -2.17. The molecule has 0 bridgehead atoms. The van der Waals surface area contributed by atoms with E-state index in [1.165, 1.54) is 9.80 Å². The first-order valence-corrected chi connectivity index (χ1v) is 14.1. The number of ether oxygens (including phenoxy) is 2. The molecule has 0 aromatic heterocycles. The van der Waals surface area contributed by atoms with Gasteiger partial charge in [0.2, 0.25) is 11.8 Å². The highest BCUT2D eigenvalue weighted by Gasteiger charge is 2.44. The molecule has 2 atom stereocenters. The van der Waals surface area contributed by atoms with Crippen molar-refractivity contribution in [1.82, 2.24) is 0 Å². The van der Waals surface area contributed by atoms with Crippen LogP contribution in [0.3, 0.4) is 0 Å². The Bertz CT molecular complexity index is 1330. The first-order valence-electron chi connectivity index (χ1n) is 14.1. The lowest BCUT2D eigenvalue weighted by molar-refractivity contribution is -0.674. The topological polar surface area (TPSA) is 126 Å². The van der Waals surface area contributed by atoms with Crippen LogP contribution in [0.25, 0.3) is 0 Å². The van der Waals surface area contributed by atoms with Crippen LogP contribution in [0, 0.1) is 0 Å². The summed E-state index contributed by atoms with van der Waals surface area (Å²) >= 11 is 0. The highest BCUT2D eigenvalue weighted by atomic mass is 16.5. The number of nitrogens with two attached hydrogens (primary N) is 2. The van der Waals surface area contributed by atoms with E-state index < -0.39 is 12.1 Å². The third-order valence-corrected chi connectivity index (χ3v) is 7.82. The van der Waals surface area contributed by atoms with Crippen molar-refractivity contribution in [2.45, 2.75) is 37.8 Å². The SMILES string of the molecule is COc1ccc(CC[NH2+][C@H]2CC(=O)N(c3ccc(N4C(=O)C[C@H]([NH2+]CCc5ccc(OC)cc5)C4=O)cc3)C2=O)cc1. The van der Waals surface area contributed by atoms with Gasteiger partial charge in [-0.2, -0.15) is 0 Å². The third kappa shape index (κ3) is 6.35. The number of hydrogen-bond donors (Lipinski definition) is 2. The Morgan fingerprint density at radius 2 is 0.952 bits per heavy atom. The average Bonchev–Trinajstić information content (AvgIpc) is 3.46. The van der Waals surface area contributed by atoms with E-state index in [0.717, 1.165) is 35.5 Å². The normalized spacial score (nSPS) is 18.7. The number of rotatable bonds is 12. The maximum absolute atomic E-state index is 13.1. The van der Waals surface area contributed by atoms with E-state index in [9.17, 15) is 19.2 Å². The molecule has 2 fully saturated rings. The molecular weight excluding hydrogens is 536 g/mol. The molecule has 3 aromatic rings. The number of hydrogen-bond acceptors (Lipinski definition) is 6. The molecule has 218 valence electrons. The van der Waals surface area contributed by atoms with E-state index in [1.807, 2.05) is 59.2 Å². The fourth-order valence-corrected chi connectivity index (χ4v) is 5.46. The number of methoxy groups -OCH3 is 2. The van der Waals surface area contributed by atoms with Crippen molar-refractivity contribution >= 4 is 35.0 Å². The standard InChI is InChI=1S/C32H34N4O6/c1-41-25-11-3-21(4-12-25)15-17-33-27-19-29(37)35(31(27)39)23-7-9-24(10-8-23)36-30(38)20-28(32(36)40)34-18-16-22-5-13-26(42-2)14-6-22/h3-14,27-28,33-34H,15-20H2,1-2H3/p+2/t27-,28-/m0/s1. The van der Waals surface area contributed by atoms with Gasteiger partial charge in [0, 0.05) is 12.8 Å². The summed E-state index contributed by atoms with van der Waals surface area (Å²) in [6.07, 6.45) is 1.77. The van der Waals surface area contributed by atoms with Crippen LogP contribution < -0.4 is 29.9 Å². The van der Waals surface area contributed by atoms with Crippen LogP contribution in [-0.4, -0.2) is 63.0 Å². The predicted octanol–water partition coefficient (Wildman–Crippen LogP) is 0.580. The van der Waals surface area contributed by atoms with Gasteiger partial charge in [0.1, 0.15) is 11.5 Å². The molecule has 2 saturated heterocycles. The van der Waals surface area contributed by atoms with Crippen molar-refractivity contribution < 1.29 is 39.3 Å². The molecule has 4 amide bonds. The van der Waals surface area contributed by atoms with Crippen molar-refractivity contribution in [3.63, 3.8) is 0 Å². The van der Waals surface area contributed by atoms with E-state index in [1.54, 1.807) is 38.5 Å². The zero-order chi connectivity index (χ0) is 29.6. The lowest BCUT2D eigenvalue weighted by atomic mass is 10.1. The van der Waals surface area contributed by atoms with Gasteiger partial charge in [-0.1, -0.05) is 24.3 Å². The minimum Gasteiger partial charge on any atom is -0.497 e. The fraction of sp³-hybridized carbons (Fsp3) is 0.312. The van der Waals surface area contributed by atoms with Crippen LogP contribution in [0.1, 0.15) is 24.0 Å². The largest absolute Gasteiger partial charge is 0.497 e. The Hall–Kier alpha value is -4.54. The Balaban J connectivity index is 1.14. The monoisotopic (exact) mass is 572 g/mol. The summed E-state index contributed by atoms with van der Waals surface area (Å²) in [5.74, 6) is 0.526. The van der Waals surface area contributed by atoms with E-state index in [0.29, 0.717) is 24.5 Å². The molecule has 10 nitrogen and oxygen atoms in total. The lowest BCUT2D eigenvalue weighted by Crippen LogP contribution is -2.92. The van der Waals surface area contributed by atoms with Gasteiger partial charge in [0.15, 0.2) is 12.1 Å². The second-order valence-corrected chi connectivity index (χ2v) is 10.5. The molecule has 2 heterocycles. The summed E-state index contributed by atoms with van der Waals surface area (Å²) in [6, 6.07) is 21.1. The molecule has 42 heavy (non-hydrogen) atoms. The van der Waals surface area contributed by atoms with Gasteiger partial charge in [-0.15, -0.1) is 0 Å². The summed E-state index contributed by atoms with van der Waals surface area (Å²) < 4.78 is 10.4. The Labute approximate surface area is 244 Å². The molecule has 0 radical (unpaired) electrons. The molecule has 3 aromatic carbocycles. The Kier molecular flexibility index (Phi) is 8.94. The Morgan fingerprint density at radius 1 is 0.595 bits per heavy atom. The smallest absolute Gasteiger partial charge is 0.292 e. The minimum absolute atomic E-state index is 0.125. The molecule has 4 N–H and O–H groups in total. The van der Waals surface area contributed by atoms with Crippen molar-refractivity contribution in [1.29, 1.82) is 0 Å². The van der Waals surface area contributed by atoms with Gasteiger partial charge in [-0.05, 0) is 59.7 Å². The van der Waals surface area contributed by atoms with Crippen molar-refractivity contribution in [2.75, 3.05) is 37.1 Å². The Morgan fingerprint density at radius 3 is 1.29 bits per heavy atom. The number of anilines is 2. The van der Waals surface area contributed by atoms with E-state index in [4.69, 9.17) is 9.47 Å². The number of imide groups is 2. The number of carbonyl (C=O) groups is 4. The van der Waals surface area contributed by atoms with Gasteiger partial charge in [0.05, 0.1) is 51.5 Å². The van der Waals surface area contributed by atoms with Crippen molar-refractivity contribution in [3.8, 4) is 11.5 Å². The molecule has 10 heteroatoms. The number of benzene rings is 3. The van der Waals surface area contributed by atoms with Crippen LogP contribution in [0.15, 0.2) is 72.8 Å². The zero-order valence-corrected chi connectivity index (χ0v) is 23.8. The number of carbonyl (C=O) groups excluding carboxylic acids is 4. The van der Waals surface area contributed by atoms with Crippen molar-refractivity contribution in [2.24, 2.45) is 0 Å². The van der Waals surface area contributed by atoms with Gasteiger partial charge in [-0.25, -0.2) is 9.80 Å². The van der Waals surface area contributed by atoms with Crippen LogP contribution in [0.4, 0.5) is 11.4 Å². The number of amides is 4. The molecule has 2 aliphatic rings. The van der Waals surface area contributed by atoms with Crippen LogP contribution in [0.2, 0.25) is 0 Å². The second-order valence-electron chi connectivity index (χ2n) is 10.5. The summed E-state index contributed by atoms with van der Waals surface area (Å²) in [5.41, 5.74) is 3.11. The fourth-order valence-electron chi connectivity index (χ4n) is 5.46. The molecule has 0 unspecified atom stereocenters. The molecular formula is C32H36N4O6+2. The van der Waals surface area contributed by atoms with Gasteiger partial charge in [-0.3, -0.25) is 19.2 Å². The summed E-state index contributed by atoms with van der Waals surface area (Å²) in [6.45, 7) is 1.33. The van der Waals surface area contributed by atoms with Crippen LogP contribution in [0.5, 0.6) is 11.5 Å². The molecule has 5 rings (SSSR count). The highest BCUT2D eigenvalue weighted by Crippen LogP contribution is 2.27. The van der Waals surface area contributed by atoms with Crippen LogP contribution in [-0.2, 0) is 32.0 Å². The average molecular weight is 573 g/mol. The van der Waals surface area contributed by atoms with E-state index in [-0.39, 0.29) is 36.5 Å². The predicted molar refractivity (Wildman–Crippen MR) is 155 cm³/mol. The summed E-state index contributed by atoms with van der Waals surface area (Å²) in [4.78, 5) is 54.1. The van der Waals surface area contributed by atoms with Gasteiger partial charge in [0.25, 0.3) is 11.8 Å². The zero-order valence-electron chi connectivity index (χ0n) is 23.8. The second kappa shape index (κ2) is 13.0. The first-order chi connectivity index (χ1) is 20.4. The van der Waals surface area contributed by atoms with Crippen LogP contribution >= 0.6 is 0 Å².